The van der Waals surface area contributed by atoms with Crippen molar-refractivity contribution < 1.29 is 18.0 Å². The van der Waals surface area contributed by atoms with E-state index in [0.717, 1.165) is 10.6 Å². The Morgan fingerprint density at radius 1 is 1.03 bits per heavy atom. The van der Waals surface area contributed by atoms with Crippen LogP contribution in [-0.2, 0) is 26.2 Å². The maximum atomic E-state index is 13.4. The van der Waals surface area contributed by atoms with Crippen LogP contribution in [-0.4, -0.2) is 49.5 Å². The standard InChI is InChI=1S/C23H30ClN3O4S/c1-17(22(29)25-23(2,3)4)26(15-18-11-9-10-14-20(18)24)21(28)16-27(32(5,30)31)19-12-7-6-8-13-19/h6-14,17H,15-16H2,1-5H3,(H,25,29). The normalized spacial score (nSPS) is 12.7. The fourth-order valence-corrected chi connectivity index (χ4v) is 4.12. The molecule has 7 nitrogen and oxygen atoms in total. The number of sulfonamides is 1. The fraction of sp³-hybridized carbons (Fsp3) is 0.391. The minimum atomic E-state index is -3.74. The summed E-state index contributed by atoms with van der Waals surface area (Å²) in [4.78, 5) is 27.6. The molecule has 0 aliphatic heterocycles. The predicted octanol–water partition coefficient (Wildman–Crippen LogP) is 3.44. The number of nitrogens with one attached hydrogen (secondary N) is 1. The molecule has 2 aromatic rings. The van der Waals surface area contributed by atoms with Crippen molar-refractivity contribution in [2.45, 2.75) is 45.8 Å². The van der Waals surface area contributed by atoms with Crippen LogP contribution in [0.1, 0.15) is 33.3 Å². The summed E-state index contributed by atoms with van der Waals surface area (Å²) < 4.78 is 25.9. The third kappa shape index (κ3) is 7.24. The van der Waals surface area contributed by atoms with Gasteiger partial charge >= 0.3 is 0 Å². The first-order valence-corrected chi connectivity index (χ1v) is 12.4. The van der Waals surface area contributed by atoms with Crippen molar-refractivity contribution in [2.75, 3.05) is 17.1 Å². The zero-order chi connectivity index (χ0) is 24.1. The van der Waals surface area contributed by atoms with E-state index in [1.54, 1.807) is 61.5 Å². The number of halogens is 1. The highest BCUT2D eigenvalue weighted by molar-refractivity contribution is 7.92. The second kappa shape index (κ2) is 10.4. The van der Waals surface area contributed by atoms with Crippen LogP contribution in [0.5, 0.6) is 0 Å². The molecule has 32 heavy (non-hydrogen) atoms. The average molecular weight is 480 g/mol. The highest BCUT2D eigenvalue weighted by atomic mass is 35.5. The maximum Gasteiger partial charge on any atom is 0.244 e. The zero-order valence-electron chi connectivity index (χ0n) is 19.0. The first-order valence-electron chi connectivity index (χ1n) is 10.2. The van der Waals surface area contributed by atoms with Crippen molar-refractivity contribution in [3.8, 4) is 0 Å². The SMILES string of the molecule is CC(C(=O)NC(C)(C)C)N(Cc1ccccc1Cl)C(=O)CN(c1ccccc1)S(C)(=O)=O. The molecule has 1 atom stereocenters. The van der Waals surface area contributed by atoms with E-state index in [1.165, 1.54) is 4.90 Å². The largest absolute Gasteiger partial charge is 0.350 e. The van der Waals surface area contributed by atoms with Gasteiger partial charge in [-0.05, 0) is 51.5 Å². The molecule has 2 aromatic carbocycles. The van der Waals surface area contributed by atoms with Crippen molar-refractivity contribution in [3.05, 3.63) is 65.2 Å². The summed E-state index contributed by atoms with van der Waals surface area (Å²) in [6, 6.07) is 14.5. The van der Waals surface area contributed by atoms with E-state index in [4.69, 9.17) is 11.6 Å². The molecule has 1 unspecified atom stereocenters. The molecule has 0 fully saturated rings. The van der Waals surface area contributed by atoms with Gasteiger partial charge in [-0.2, -0.15) is 0 Å². The number of hydrogen-bond donors (Lipinski definition) is 1. The number of benzene rings is 2. The molecule has 2 amide bonds. The number of amides is 2. The van der Waals surface area contributed by atoms with Crippen LogP contribution in [0, 0.1) is 0 Å². The molecule has 0 saturated carbocycles. The molecule has 9 heteroatoms. The number of carbonyl (C=O) groups excluding carboxylic acids is 2. The number of anilines is 1. The second-order valence-electron chi connectivity index (χ2n) is 8.63. The van der Waals surface area contributed by atoms with E-state index in [-0.39, 0.29) is 12.5 Å². The van der Waals surface area contributed by atoms with Gasteiger partial charge in [0.2, 0.25) is 21.8 Å². The van der Waals surface area contributed by atoms with Crippen LogP contribution in [0.2, 0.25) is 5.02 Å². The minimum Gasteiger partial charge on any atom is -0.350 e. The topological polar surface area (TPSA) is 86.8 Å². The molecule has 0 aliphatic carbocycles. The van der Waals surface area contributed by atoms with Gasteiger partial charge in [0.05, 0.1) is 11.9 Å². The van der Waals surface area contributed by atoms with E-state index in [9.17, 15) is 18.0 Å². The lowest BCUT2D eigenvalue weighted by Gasteiger charge is -2.33. The molecule has 0 aliphatic rings. The van der Waals surface area contributed by atoms with Crippen molar-refractivity contribution >= 4 is 39.1 Å². The van der Waals surface area contributed by atoms with E-state index in [0.29, 0.717) is 16.3 Å². The van der Waals surface area contributed by atoms with Gasteiger partial charge in [-0.25, -0.2) is 8.42 Å². The summed E-state index contributed by atoms with van der Waals surface area (Å²) >= 11 is 6.29. The van der Waals surface area contributed by atoms with Gasteiger partial charge in [-0.1, -0.05) is 48.0 Å². The third-order valence-electron chi connectivity index (χ3n) is 4.69. The van der Waals surface area contributed by atoms with E-state index in [1.807, 2.05) is 20.8 Å². The predicted molar refractivity (Wildman–Crippen MR) is 128 cm³/mol. The number of hydrogen-bond acceptors (Lipinski definition) is 4. The van der Waals surface area contributed by atoms with Gasteiger partial charge in [0.15, 0.2) is 0 Å². The molecular formula is C23H30ClN3O4S. The molecule has 2 rings (SSSR count). The number of nitrogens with zero attached hydrogens (tertiary/aromatic N) is 2. The number of rotatable bonds is 8. The van der Waals surface area contributed by atoms with E-state index in [2.05, 4.69) is 5.32 Å². The van der Waals surface area contributed by atoms with Gasteiger partial charge in [0.1, 0.15) is 12.6 Å². The Morgan fingerprint density at radius 3 is 2.12 bits per heavy atom. The summed E-state index contributed by atoms with van der Waals surface area (Å²) in [6.07, 6.45) is 1.04. The lowest BCUT2D eigenvalue weighted by atomic mass is 10.1. The fourth-order valence-electron chi connectivity index (χ4n) is 3.07. The van der Waals surface area contributed by atoms with Crippen LogP contribution in [0.3, 0.4) is 0 Å². The lowest BCUT2D eigenvalue weighted by Crippen LogP contribution is -2.54. The van der Waals surface area contributed by atoms with Gasteiger partial charge in [0, 0.05) is 17.1 Å². The first-order chi connectivity index (χ1) is 14.8. The Labute approximate surface area is 195 Å². The molecule has 0 aromatic heterocycles. The Morgan fingerprint density at radius 2 is 1.59 bits per heavy atom. The molecule has 0 saturated heterocycles. The third-order valence-corrected chi connectivity index (χ3v) is 6.20. The van der Waals surface area contributed by atoms with Gasteiger partial charge in [0.25, 0.3) is 0 Å². The molecule has 1 N–H and O–H groups in total. The summed E-state index contributed by atoms with van der Waals surface area (Å²) in [7, 11) is -3.74. The first kappa shape index (κ1) is 25.7. The molecule has 0 radical (unpaired) electrons. The second-order valence-corrected chi connectivity index (χ2v) is 10.9. The van der Waals surface area contributed by atoms with Crippen LogP contribution >= 0.6 is 11.6 Å². The molecule has 174 valence electrons. The van der Waals surface area contributed by atoms with Crippen LogP contribution in [0.15, 0.2) is 54.6 Å². The summed E-state index contributed by atoms with van der Waals surface area (Å²) in [6.45, 7) is 6.77. The highest BCUT2D eigenvalue weighted by Gasteiger charge is 2.31. The minimum absolute atomic E-state index is 0.0592. The molecular weight excluding hydrogens is 450 g/mol. The van der Waals surface area contributed by atoms with Crippen LogP contribution in [0.25, 0.3) is 0 Å². The van der Waals surface area contributed by atoms with Crippen LogP contribution in [0.4, 0.5) is 5.69 Å². The highest BCUT2D eigenvalue weighted by Crippen LogP contribution is 2.21. The van der Waals surface area contributed by atoms with Crippen molar-refractivity contribution in [1.29, 1.82) is 0 Å². The summed E-state index contributed by atoms with van der Waals surface area (Å²) in [5.41, 5.74) is 0.532. The Kier molecular flexibility index (Phi) is 8.31. The Bertz CT molecular complexity index is 1050. The number of carbonyl (C=O) groups is 2. The molecule has 0 spiro atoms. The quantitative estimate of drug-likeness (QED) is 0.628. The number of para-hydroxylation sites is 1. The lowest BCUT2D eigenvalue weighted by molar-refractivity contribution is -0.140. The zero-order valence-corrected chi connectivity index (χ0v) is 20.6. The van der Waals surface area contributed by atoms with E-state index >= 15 is 0 Å². The van der Waals surface area contributed by atoms with Gasteiger partial charge in [-0.15, -0.1) is 0 Å². The van der Waals surface area contributed by atoms with Crippen molar-refractivity contribution in [2.24, 2.45) is 0 Å². The smallest absolute Gasteiger partial charge is 0.244 e. The average Bonchev–Trinajstić information content (AvgIpc) is 2.69. The maximum absolute atomic E-state index is 13.4. The monoisotopic (exact) mass is 479 g/mol. The summed E-state index contributed by atoms with van der Waals surface area (Å²) in [5.74, 6) is -0.862. The van der Waals surface area contributed by atoms with Crippen molar-refractivity contribution in [3.63, 3.8) is 0 Å². The van der Waals surface area contributed by atoms with Crippen molar-refractivity contribution in [1.82, 2.24) is 10.2 Å². The Balaban J connectivity index is 2.39. The molecule has 0 bridgehead atoms. The summed E-state index contributed by atoms with van der Waals surface area (Å²) in [5, 5.41) is 3.33. The van der Waals surface area contributed by atoms with Gasteiger partial charge < -0.3 is 10.2 Å². The Hall–Kier alpha value is -2.58. The van der Waals surface area contributed by atoms with E-state index < -0.39 is 34.1 Å². The molecule has 0 heterocycles. The van der Waals surface area contributed by atoms with Crippen LogP contribution < -0.4 is 9.62 Å². The van der Waals surface area contributed by atoms with Gasteiger partial charge in [-0.3, -0.25) is 13.9 Å².